The Bertz CT molecular complexity index is 205. The van der Waals surface area contributed by atoms with Crippen LogP contribution in [0.2, 0.25) is 0 Å². The molecule has 2 fully saturated rings. The number of hydrogen-bond acceptors (Lipinski definition) is 1. The molecule has 0 bridgehead atoms. The van der Waals surface area contributed by atoms with Gasteiger partial charge in [0.25, 0.3) is 0 Å². The van der Waals surface area contributed by atoms with Gasteiger partial charge < -0.3 is 4.90 Å². The van der Waals surface area contributed by atoms with Crippen molar-refractivity contribution < 1.29 is 0 Å². The molecule has 1 nitrogen and oxygen atoms in total. The molecular formula is C14H27N. The largest absolute Gasteiger partial charge is 0.303 e. The molecule has 0 N–H and O–H groups in total. The molecule has 0 aromatic rings. The first kappa shape index (κ1) is 11.4. The second-order valence-electron chi connectivity index (χ2n) is 6.65. The molecule has 0 aromatic heterocycles. The van der Waals surface area contributed by atoms with Gasteiger partial charge in [0.15, 0.2) is 0 Å². The Labute approximate surface area is 95.2 Å². The Balaban J connectivity index is 1.78. The minimum atomic E-state index is 0.518. The Morgan fingerprint density at radius 3 is 2.07 bits per heavy atom. The zero-order valence-electron chi connectivity index (χ0n) is 10.8. The first-order valence-electron chi connectivity index (χ1n) is 6.78. The highest BCUT2D eigenvalue weighted by Gasteiger charge is 2.39. The van der Waals surface area contributed by atoms with Gasteiger partial charge in [-0.25, -0.2) is 0 Å². The van der Waals surface area contributed by atoms with Gasteiger partial charge in [0, 0.05) is 6.54 Å². The van der Waals surface area contributed by atoms with Crippen molar-refractivity contribution in [3.63, 3.8) is 0 Å². The van der Waals surface area contributed by atoms with Gasteiger partial charge in [-0.2, -0.15) is 0 Å². The fraction of sp³-hybridized carbons (Fsp3) is 1.00. The average Bonchev–Trinajstić information content (AvgIpc) is 2.16. The molecule has 0 aromatic carbocycles. The summed E-state index contributed by atoms with van der Waals surface area (Å²) in [6.45, 7) is 11.2. The van der Waals surface area contributed by atoms with E-state index in [1.54, 1.807) is 0 Å². The van der Waals surface area contributed by atoms with Gasteiger partial charge in [-0.05, 0) is 56.0 Å². The van der Waals surface area contributed by atoms with Crippen LogP contribution < -0.4 is 0 Å². The first-order chi connectivity index (χ1) is 7.05. The maximum absolute atomic E-state index is 2.70. The van der Waals surface area contributed by atoms with E-state index >= 15 is 0 Å². The Morgan fingerprint density at radius 2 is 1.67 bits per heavy atom. The zero-order chi connectivity index (χ0) is 10.9. The Kier molecular flexibility index (Phi) is 3.12. The van der Waals surface area contributed by atoms with E-state index in [-0.39, 0.29) is 0 Å². The van der Waals surface area contributed by atoms with Gasteiger partial charge in [0.1, 0.15) is 0 Å². The molecule has 1 heteroatoms. The molecule has 0 amide bonds. The van der Waals surface area contributed by atoms with Crippen LogP contribution >= 0.6 is 0 Å². The molecule has 0 unspecified atom stereocenters. The van der Waals surface area contributed by atoms with E-state index < -0.39 is 0 Å². The third-order valence-electron chi connectivity index (χ3n) is 4.94. The normalized spacial score (nSPS) is 26.6. The summed E-state index contributed by atoms with van der Waals surface area (Å²) in [6, 6.07) is 0. The zero-order valence-corrected chi connectivity index (χ0v) is 10.8. The van der Waals surface area contributed by atoms with Crippen molar-refractivity contribution in [1.29, 1.82) is 0 Å². The van der Waals surface area contributed by atoms with E-state index in [9.17, 15) is 0 Å². The molecule has 0 atom stereocenters. The predicted molar refractivity (Wildman–Crippen MR) is 66.0 cm³/mol. The number of nitrogens with zero attached hydrogens (tertiary/aromatic N) is 1. The summed E-state index contributed by atoms with van der Waals surface area (Å²) in [5.74, 6) is 0. The molecule has 2 rings (SSSR count). The number of rotatable bonds is 3. The molecule has 1 aliphatic carbocycles. The molecular weight excluding hydrogens is 182 g/mol. The fourth-order valence-electron chi connectivity index (χ4n) is 3.08. The summed E-state index contributed by atoms with van der Waals surface area (Å²) in [5, 5.41) is 0. The molecule has 15 heavy (non-hydrogen) atoms. The highest BCUT2D eigenvalue weighted by atomic mass is 15.1. The molecule has 2 aliphatic rings. The lowest BCUT2D eigenvalue weighted by Gasteiger charge is -2.49. The quantitative estimate of drug-likeness (QED) is 0.685. The van der Waals surface area contributed by atoms with Crippen LogP contribution in [0.15, 0.2) is 0 Å². The monoisotopic (exact) mass is 209 g/mol. The highest BCUT2D eigenvalue weighted by Crippen LogP contribution is 2.49. The molecule has 88 valence electrons. The Morgan fingerprint density at radius 1 is 1.07 bits per heavy atom. The third kappa shape index (κ3) is 2.55. The van der Waals surface area contributed by atoms with Gasteiger partial charge in [-0.1, -0.05) is 27.2 Å². The molecule has 1 saturated heterocycles. The van der Waals surface area contributed by atoms with Gasteiger partial charge in [0.2, 0.25) is 0 Å². The standard InChI is InChI=1S/C14H27N/c1-4-13(2,3)12-15-10-8-14(9-11-15)6-5-7-14/h4-12H2,1-3H3. The van der Waals surface area contributed by atoms with Crippen molar-refractivity contribution in [2.24, 2.45) is 10.8 Å². The van der Waals surface area contributed by atoms with Crippen LogP contribution in [-0.2, 0) is 0 Å². The minimum Gasteiger partial charge on any atom is -0.303 e. The van der Waals surface area contributed by atoms with Crippen LogP contribution in [0.4, 0.5) is 0 Å². The van der Waals surface area contributed by atoms with Crippen molar-refractivity contribution in [2.75, 3.05) is 19.6 Å². The lowest BCUT2D eigenvalue weighted by atomic mass is 9.63. The van der Waals surface area contributed by atoms with Crippen molar-refractivity contribution in [1.82, 2.24) is 4.90 Å². The van der Waals surface area contributed by atoms with Crippen LogP contribution in [0.1, 0.15) is 59.3 Å². The SMILES string of the molecule is CCC(C)(C)CN1CCC2(CCC2)CC1. The van der Waals surface area contributed by atoms with E-state index in [4.69, 9.17) is 0 Å². The maximum Gasteiger partial charge on any atom is 0.00326 e. The van der Waals surface area contributed by atoms with Crippen LogP contribution in [-0.4, -0.2) is 24.5 Å². The van der Waals surface area contributed by atoms with Crippen LogP contribution in [0.25, 0.3) is 0 Å². The third-order valence-corrected chi connectivity index (χ3v) is 4.94. The number of piperidine rings is 1. The van der Waals surface area contributed by atoms with Gasteiger partial charge in [0.05, 0.1) is 0 Å². The highest BCUT2D eigenvalue weighted by molar-refractivity contribution is 4.92. The molecule has 0 radical (unpaired) electrons. The Hall–Kier alpha value is -0.0400. The van der Waals surface area contributed by atoms with Gasteiger partial charge >= 0.3 is 0 Å². The van der Waals surface area contributed by atoms with Crippen molar-refractivity contribution in [3.05, 3.63) is 0 Å². The second-order valence-corrected chi connectivity index (χ2v) is 6.65. The smallest absolute Gasteiger partial charge is 0.00326 e. The molecule has 1 heterocycles. The van der Waals surface area contributed by atoms with E-state index in [0.29, 0.717) is 5.41 Å². The first-order valence-corrected chi connectivity index (χ1v) is 6.78. The summed E-state index contributed by atoms with van der Waals surface area (Å²) < 4.78 is 0. The summed E-state index contributed by atoms with van der Waals surface area (Å²) in [6.07, 6.45) is 8.81. The van der Waals surface area contributed by atoms with Crippen LogP contribution in [0.5, 0.6) is 0 Å². The topological polar surface area (TPSA) is 3.24 Å². The fourth-order valence-corrected chi connectivity index (χ4v) is 3.08. The van der Waals surface area contributed by atoms with E-state index in [1.165, 1.54) is 58.2 Å². The van der Waals surface area contributed by atoms with E-state index in [1.807, 2.05) is 0 Å². The summed E-state index contributed by atoms with van der Waals surface area (Å²) in [4.78, 5) is 2.70. The lowest BCUT2D eigenvalue weighted by Crippen LogP contribution is -2.46. The molecule has 1 saturated carbocycles. The van der Waals surface area contributed by atoms with E-state index in [2.05, 4.69) is 25.7 Å². The molecule has 1 aliphatic heterocycles. The van der Waals surface area contributed by atoms with Crippen molar-refractivity contribution >= 4 is 0 Å². The molecule has 1 spiro atoms. The summed E-state index contributed by atoms with van der Waals surface area (Å²) >= 11 is 0. The second kappa shape index (κ2) is 4.08. The lowest BCUT2D eigenvalue weighted by molar-refractivity contribution is 0.0193. The van der Waals surface area contributed by atoms with E-state index in [0.717, 1.165) is 5.41 Å². The number of hydrogen-bond donors (Lipinski definition) is 0. The van der Waals surface area contributed by atoms with Crippen LogP contribution in [0, 0.1) is 10.8 Å². The predicted octanol–water partition coefficient (Wildman–Crippen LogP) is 3.69. The van der Waals surface area contributed by atoms with Crippen molar-refractivity contribution in [2.45, 2.75) is 59.3 Å². The van der Waals surface area contributed by atoms with Gasteiger partial charge in [-0.3, -0.25) is 0 Å². The van der Waals surface area contributed by atoms with Crippen LogP contribution in [0.3, 0.4) is 0 Å². The van der Waals surface area contributed by atoms with Crippen molar-refractivity contribution in [3.8, 4) is 0 Å². The van der Waals surface area contributed by atoms with Gasteiger partial charge in [-0.15, -0.1) is 0 Å². The summed E-state index contributed by atoms with van der Waals surface area (Å²) in [7, 11) is 0. The average molecular weight is 209 g/mol. The minimum absolute atomic E-state index is 0.518. The number of likely N-dealkylation sites (tertiary alicyclic amines) is 1. The maximum atomic E-state index is 2.70. The summed E-state index contributed by atoms with van der Waals surface area (Å²) in [5.41, 5.74) is 1.33.